The highest BCUT2D eigenvalue weighted by atomic mass is 35.5. The molecule has 62 valence electrons. The second-order valence-electron chi connectivity index (χ2n) is 1.39. The topological polar surface area (TPSA) is 25.8 Å². The lowest BCUT2D eigenvalue weighted by molar-refractivity contribution is 0.439. The van der Waals surface area contributed by atoms with E-state index in [9.17, 15) is 13.2 Å². The van der Waals surface area contributed by atoms with Crippen molar-refractivity contribution in [3.05, 3.63) is 23.0 Å². The van der Waals surface area contributed by atoms with Crippen molar-refractivity contribution in [2.45, 2.75) is 7.43 Å². The molecule has 11 heavy (non-hydrogen) atoms. The SMILES string of the molecule is C.Fc1nc(F)c(Cl)c(F)n1. The van der Waals surface area contributed by atoms with Crippen LogP contribution in [0.1, 0.15) is 7.43 Å². The Balaban J connectivity index is 0.000001000. The van der Waals surface area contributed by atoms with Gasteiger partial charge in [0.2, 0.25) is 11.9 Å². The molecule has 0 saturated carbocycles. The van der Waals surface area contributed by atoms with Gasteiger partial charge in [-0.05, 0) is 0 Å². The number of hydrogen-bond donors (Lipinski definition) is 0. The smallest absolute Gasteiger partial charge is 0.183 e. The summed E-state index contributed by atoms with van der Waals surface area (Å²) < 4.78 is 36.0. The summed E-state index contributed by atoms with van der Waals surface area (Å²) in [7, 11) is 0. The predicted octanol–water partition coefficient (Wildman–Crippen LogP) is 2.18. The molecule has 1 aromatic heterocycles. The van der Waals surface area contributed by atoms with E-state index in [4.69, 9.17) is 11.6 Å². The minimum absolute atomic E-state index is 0. The van der Waals surface area contributed by atoms with E-state index in [0.717, 1.165) is 0 Å². The summed E-state index contributed by atoms with van der Waals surface area (Å²) in [5.41, 5.74) is 0. The number of hydrogen-bond acceptors (Lipinski definition) is 2. The van der Waals surface area contributed by atoms with E-state index >= 15 is 0 Å². The van der Waals surface area contributed by atoms with Crippen LogP contribution in [0.5, 0.6) is 0 Å². The zero-order valence-electron chi connectivity index (χ0n) is 4.41. The summed E-state index contributed by atoms with van der Waals surface area (Å²) >= 11 is 4.91. The largest absolute Gasteiger partial charge is 0.314 e. The van der Waals surface area contributed by atoms with Gasteiger partial charge in [0.05, 0.1) is 0 Å². The molecule has 0 aliphatic carbocycles. The molecule has 0 aliphatic rings. The third-order valence-corrected chi connectivity index (χ3v) is 1.05. The third kappa shape index (κ3) is 2.04. The Kier molecular flexibility index (Phi) is 3.25. The molecular weight excluding hydrogens is 181 g/mol. The van der Waals surface area contributed by atoms with Gasteiger partial charge in [0.25, 0.3) is 0 Å². The molecule has 0 aromatic carbocycles. The Morgan fingerprint density at radius 1 is 1.00 bits per heavy atom. The summed E-state index contributed by atoms with van der Waals surface area (Å²) in [6.07, 6.45) is -1.47. The Morgan fingerprint density at radius 3 is 1.73 bits per heavy atom. The molecular formula is C5H4ClF3N2. The summed E-state index contributed by atoms with van der Waals surface area (Å²) in [6.45, 7) is 0. The molecule has 0 amide bonds. The van der Waals surface area contributed by atoms with Gasteiger partial charge in [0.15, 0.2) is 5.02 Å². The molecule has 0 aliphatic heterocycles. The first-order valence-electron chi connectivity index (χ1n) is 2.15. The van der Waals surface area contributed by atoms with E-state index in [-0.39, 0.29) is 7.43 Å². The lowest BCUT2D eigenvalue weighted by Crippen LogP contribution is -1.97. The Bertz CT molecular complexity index is 243. The van der Waals surface area contributed by atoms with Crippen molar-refractivity contribution >= 4 is 11.6 Å². The molecule has 0 saturated heterocycles. The maximum Gasteiger partial charge on any atom is 0.314 e. The van der Waals surface area contributed by atoms with Gasteiger partial charge in [-0.15, -0.1) is 0 Å². The number of rotatable bonds is 0. The van der Waals surface area contributed by atoms with Gasteiger partial charge in [-0.25, -0.2) is 0 Å². The summed E-state index contributed by atoms with van der Waals surface area (Å²) in [4.78, 5) is 5.04. The van der Waals surface area contributed by atoms with E-state index in [1.807, 2.05) is 0 Å². The van der Waals surface area contributed by atoms with Crippen molar-refractivity contribution in [1.29, 1.82) is 0 Å². The summed E-state index contributed by atoms with van der Waals surface area (Å²) in [5, 5.41) is -0.901. The van der Waals surface area contributed by atoms with Gasteiger partial charge in [-0.3, -0.25) is 0 Å². The average Bonchev–Trinajstić information content (AvgIpc) is 1.82. The van der Waals surface area contributed by atoms with E-state index in [2.05, 4.69) is 9.97 Å². The zero-order valence-corrected chi connectivity index (χ0v) is 5.16. The number of halogens is 4. The maximum absolute atomic E-state index is 12.1. The summed E-state index contributed by atoms with van der Waals surface area (Å²) in [6, 6.07) is 0. The van der Waals surface area contributed by atoms with Crippen LogP contribution in [0, 0.1) is 18.0 Å². The quantitative estimate of drug-likeness (QED) is 0.456. The minimum Gasteiger partial charge on any atom is -0.183 e. The first-order valence-corrected chi connectivity index (χ1v) is 2.53. The van der Waals surface area contributed by atoms with Gasteiger partial charge in [-0.2, -0.15) is 23.1 Å². The standard InChI is InChI=1S/C4ClF3N2.CH4/c5-1-2(6)9-4(8)10-3(1)7;/h;1H4. The van der Waals surface area contributed by atoms with E-state index < -0.39 is 23.0 Å². The Hall–Kier alpha value is -0.840. The molecule has 0 spiro atoms. The zero-order chi connectivity index (χ0) is 7.72. The van der Waals surface area contributed by atoms with Crippen molar-refractivity contribution < 1.29 is 13.2 Å². The van der Waals surface area contributed by atoms with E-state index in [0.29, 0.717) is 0 Å². The van der Waals surface area contributed by atoms with Crippen LogP contribution in [-0.4, -0.2) is 9.97 Å². The first-order chi connectivity index (χ1) is 4.61. The molecule has 0 atom stereocenters. The van der Waals surface area contributed by atoms with Crippen LogP contribution >= 0.6 is 11.6 Å². The lowest BCUT2D eigenvalue weighted by atomic mass is 10.6. The second kappa shape index (κ2) is 3.52. The van der Waals surface area contributed by atoms with Crippen LogP contribution in [-0.2, 0) is 0 Å². The van der Waals surface area contributed by atoms with E-state index in [1.54, 1.807) is 0 Å². The van der Waals surface area contributed by atoms with Crippen molar-refractivity contribution in [3.8, 4) is 0 Å². The van der Waals surface area contributed by atoms with Gasteiger partial charge >= 0.3 is 6.08 Å². The predicted molar refractivity (Wildman–Crippen MR) is 33.6 cm³/mol. The van der Waals surface area contributed by atoms with Crippen molar-refractivity contribution in [3.63, 3.8) is 0 Å². The Morgan fingerprint density at radius 2 is 1.36 bits per heavy atom. The van der Waals surface area contributed by atoms with Crippen LogP contribution in [0.3, 0.4) is 0 Å². The van der Waals surface area contributed by atoms with Crippen LogP contribution in [0.15, 0.2) is 0 Å². The first kappa shape index (κ1) is 10.2. The van der Waals surface area contributed by atoms with Crippen LogP contribution in [0.25, 0.3) is 0 Å². The second-order valence-corrected chi connectivity index (χ2v) is 1.77. The minimum atomic E-state index is -1.47. The molecule has 1 rings (SSSR count). The highest BCUT2D eigenvalue weighted by Crippen LogP contribution is 2.13. The van der Waals surface area contributed by atoms with E-state index in [1.165, 1.54) is 0 Å². The monoisotopic (exact) mass is 184 g/mol. The van der Waals surface area contributed by atoms with Crippen LogP contribution < -0.4 is 0 Å². The third-order valence-electron chi connectivity index (χ3n) is 0.743. The van der Waals surface area contributed by atoms with Crippen LogP contribution in [0.2, 0.25) is 5.02 Å². The fourth-order valence-corrected chi connectivity index (χ4v) is 0.455. The van der Waals surface area contributed by atoms with Crippen molar-refractivity contribution in [2.24, 2.45) is 0 Å². The molecule has 1 aromatic rings. The van der Waals surface area contributed by atoms with Crippen LogP contribution in [0.4, 0.5) is 13.2 Å². The molecule has 6 heteroatoms. The molecule has 0 N–H and O–H groups in total. The fraction of sp³-hybridized carbons (Fsp3) is 0.200. The number of aromatic nitrogens is 2. The van der Waals surface area contributed by atoms with Crippen molar-refractivity contribution in [1.82, 2.24) is 9.97 Å². The molecule has 1 heterocycles. The van der Waals surface area contributed by atoms with Gasteiger partial charge < -0.3 is 0 Å². The van der Waals surface area contributed by atoms with Gasteiger partial charge in [0, 0.05) is 0 Å². The average molecular weight is 185 g/mol. The fourth-order valence-electron chi connectivity index (χ4n) is 0.370. The highest BCUT2D eigenvalue weighted by Gasteiger charge is 2.10. The summed E-state index contributed by atoms with van der Waals surface area (Å²) in [5.74, 6) is -2.79. The number of nitrogens with zero attached hydrogens (tertiary/aromatic N) is 2. The van der Waals surface area contributed by atoms with Crippen molar-refractivity contribution in [2.75, 3.05) is 0 Å². The van der Waals surface area contributed by atoms with Gasteiger partial charge in [0.1, 0.15) is 0 Å². The molecule has 2 nitrogen and oxygen atoms in total. The lowest BCUT2D eigenvalue weighted by Gasteiger charge is -1.92. The highest BCUT2D eigenvalue weighted by molar-refractivity contribution is 6.30. The molecule has 0 radical (unpaired) electrons. The Labute approximate surface area is 66.0 Å². The molecule has 0 fully saturated rings. The maximum atomic E-state index is 12.1. The normalized spacial score (nSPS) is 9.09. The molecule has 0 bridgehead atoms. The molecule has 0 unspecified atom stereocenters. The van der Waals surface area contributed by atoms with Gasteiger partial charge in [-0.1, -0.05) is 19.0 Å².